The largest absolute Gasteiger partial charge is 0.478 e. The number of nitrogens with zero attached hydrogens (tertiary/aromatic N) is 1. The molecule has 2 aromatic heterocycles. The molecule has 0 unspecified atom stereocenters. The Kier molecular flexibility index (Phi) is 5.75. The van der Waals surface area contributed by atoms with Crippen molar-refractivity contribution in [1.29, 1.82) is 0 Å². The molecule has 8 heteroatoms. The lowest BCUT2D eigenvalue weighted by Gasteiger charge is -2.25. The maximum Gasteiger partial charge on any atom is 0.339 e. The molecule has 0 aliphatic heterocycles. The van der Waals surface area contributed by atoms with Gasteiger partial charge in [-0.3, -0.25) is 9.78 Å². The van der Waals surface area contributed by atoms with Crippen LogP contribution in [0.25, 0.3) is 11.3 Å². The quantitative estimate of drug-likeness (QED) is 0.608. The van der Waals surface area contributed by atoms with E-state index in [1.807, 2.05) is 0 Å². The summed E-state index contributed by atoms with van der Waals surface area (Å²) in [5, 5.41) is 22.0. The highest BCUT2D eigenvalue weighted by Crippen LogP contribution is 2.29. The van der Waals surface area contributed by atoms with Crippen molar-refractivity contribution in [1.82, 2.24) is 10.3 Å². The highest BCUT2D eigenvalue weighted by Gasteiger charge is 2.27. The minimum atomic E-state index is -1.17. The van der Waals surface area contributed by atoms with Crippen LogP contribution in [0.3, 0.4) is 0 Å². The van der Waals surface area contributed by atoms with Crippen molar-refractivity contribution in [3.05, 3.63) is 35.9 Å². The molecular formula is C19H23N3O5. The first-order valence-electron chi connectivity index (χ1n) is 8.99. The van der Waals surface area contributed by atoms with Gasteiger partial charge in [0.25, 0.3) is 0 Å². The number of carbonyl (C=O) groups is 2. The van der Waals surface area contributed by atoms with Crippen LogP contribution in [-0.2, 0) is 11.3 Å². The van der Waals surface area contributed by atoms with Crippen molar-refractivity contribution in [2.45, 2.75) is 44.8 Å². The standard InChI is InChI=1S/C19H23N3O5/c20-16-13(9-21-10-14(16)19(25)26)15-7-6-12(27-15)8-22-18(24)17(23)11-4-2-1-3-5-11/h6-7,9-11,17,23H,1-5,8H2,(H2,20,21)(H,22,24)(H,25,26)/t17-/m0/s1. The molecule has 0 saturated heterocycles. The van der Waals surface area contributed by atoms with Crippen molar-refractivity contribution in [3.63, 3.8) is 0 Å². The van der Waals surface area contributed by atoms with Crippen molar-refractivity contribution >= 4 is 17.6 Å². The number of carboxylic acid groups (broad SMARTS) is 1. The smallest absolute Gasteiger partial charge is 0.339 e. The van der Waals surface area contributed by atoms with E-state index in [0.717, 1.165) is 32.1 Å². The van der Waals surface area contributed by atoms with Gasteiger partial charge in [-0.15, -0.1) is 0 Å². The lowest BCUT2D eigenvalue weighted by molar-refractivity contribution is -0.133. The number of rotatable bonds is 6. The fourth-order valence-electron chi connectivity index (χ4n) is 3.40. The fraction of sp³-hybridized carbons (Fsp3) is 0.421. The summed E-state index contributed by atoms with van der Waals surface area (Å²) in [5.41, 5.74) is 6.22. The summed E-state index contributed by atoms with van der Waals surface area (Å²) in [6.07, 6.45) is 6.57. The van der Waals surface area contributed by atoms with E-state index in [2.05, 4.69) is 10.3 Å². The Labute approximate surface area is 156 Å². The summed E-state index contributed by atoms with van der Waals surface area (Å²) in [6.45, 7) is 0.120. The zero-order chi connectivity index (χ0) is 19.4. The average molecular weight is 373 g/mol. The van der Waals surface area contributed by atoms with E-state index >= 15 is 0 Å². The van der Waals surface area contributed by atoms with Gasteiger partial charge in [-0.2, -0.15) is 0 Å². The van der Waals surface area contributed by atoms with E-state index in [1.54, 1.807) is 12.1 Å². The second kappa shape index (κ2) is 8.22. The number of aromatic nitrogens is 1. The highest BCUT2D eigenvalue weighted by molar-refractivity contribution is 5.97. The Hall–Kier alpha value is -2.87. The fourth-order valence-corrected chi connectivity index (χ4v) is 3.40. The van der Waals surface area contributed by atoms with Crippen LogP contribution in [-0.4, -0.2) is 33.2 Å². The van der Waals surface area contributed by atoms with Crippen molar-refractivity contribution in [3.8, 4) is 11.3 Å². The molecule has 1 amide bonds. The van der Waals surface area contributed by atoms with E-state index in [-0.39, 0.29) is 23.7 Å². The Morgan fingerprint density at radius 3 is 2.70 bits per heavy atom. The molecule has 1 saturated carbocycles. The first-order valence-corrected chi connectivity index (χ1v) is 8.99. The van der Waals surface area contributed by atoms with E-state index in [1.165, 1.54) is 12.4 Å². The molecule has 144 valence electrons. The number of nitrogens with one attached hydrogen (secondary N) is 1. The molecule has 2 heterocycles. The van der Waals surface area contributed by atoms with Gasteiger partial charge >= 0.3 is 5.97 Å². The van der Waals surface area contributed by atoms with Crippen LogP contribution in [0.1, 0.15) is 48.2 Å². The van der Waals surface area contributed by atoms with E-state index < -0.39 is 18.0 Å². The van der Waals surface area contributed by atoms with E-state index in [4.69, 9.17) is 15.3 Å². The minimum Gasteiger partial charge on any atom is -0.478 e. The number of anilines is 1. The number of nitrogens with two attached hydrogens (primary N) is 1. The number of aliphatic hydroxyl groups is 1. The van der Waals surface area contributed by atoms with Crippen LogP contribution in [0.4, 0.5) is 5.69 Å². The van der Waals surface area contributed by atoms with Gasteiger partial charge in [-0.25, -0.2) is 4.79 Å². The first-order chi connectivity index (χ1) is 13.0. The first kappa shape index (κ1) is 18.9. The van der Waals surface area contributed by atoms with Gasteiger partial charge in [0.1, 0.15) is 23.2 Å². The van der Waals surface area contributed by atoms with Gasteiger partial charge in [0.05, 0.1) is 17.8 Å². The SMILES string of the molecule is Nc1c(C(=O)O)cncc1-c1ccc(CNC(=O)[C@@H](O)C2CCCCC2)o1. The van der Waals surface area contributed by atoms with E-state index in [0.29, 0.717) is 17.1 Å². The normalized spacial score (nSPS) is 16.0. The zero-order valence-electron chi connectivity index (χ0n) is 14.9. The number of aliphatic hydroxyl groups excluding tert-OH is 1. The van der Waals surface area contributed by atoms with Crippen molar-refractivity contribution in [2.24, 2.45) is 5.92 Å². The summed E-state index contributed by atoms with van der Waals surface area (Å²) in [4.78, 5) is 27.2. The number of carbonyl (C=O) groups excluding carboxylic acids is 1. The summed E-state index contributed by atoms with van der Waals surface area (Å²) in [6, 6.07) is 3.30. The van der Waals surface area contributed by atoms with Gasteiger partial charge in [-0.05, 0) is 30.9 Å². The second-order valence-corrected chi connectivity index (χ2v) is 6.78. The van der Waals surface area contributed by atoms with Crippen molar-refractivity contribution < 1.29 is 24.2 Å². The Balaban J connectivity index is 1.64. The molecule has 1 atom stereocenters. The molecule has 1 aliphatic carbocycles. The maximum absolute atomic E-state index is 12.2. The number of nitrogen functional groups attached to an aromatic ring is 1. The monoisotopic (exact) mass is 373 g/mol. The predicted octanol–water partition coefficient (Wildman–Crippen LogP) is 2.18. The lowest BCUT2D eigenvalue weighted by atomic mass is 9.85. The molecule has 3 rings (SSSR count). The van der Waals surface area contributed by atoms with E-state index in [9.17, 15) is 14.7 Å². The lowest BCUT2D eigenvalue weighted by Crippen LogP contribution is -2.39. The van der Waals surface area contributed by atoms with Gasteiger partial charge in [0.15, 0.2) is 0 Å². The Morgan fingerprint density at radius 1 is 1.26 bits per heavy atom. The summed E-state index contributed by atoms with van der Waals surface area (Å²) in [5.74, 6) is -0.739. The van der Waals surface area contributed by atoms with Gasteiger partial charge in [-0.1, -0.05) is 19.3 Å². The molecule has 0 bridgehead atoms. The molecule has 27 heavy (non-hydrogen) atoms. The molecular weight excluding hydrogens is 350 g/mol. The number of pyridine rings is 1. The molecule has 0 radical (unpaired) electrons. The summed E-state index contributed by atoms with van der Waals surface area (Å²) < 4.78 is 5.65. The molecule has 8 nitrogen and oxygen atoms in total. The maximum atomic E-state index is 12.2. The highest BCUT2D eigenvalue weighted by atomic mass is 16.4. The van der Waals surface area contributed by atoms with Gasteiger partial charge in [0, 0.05) is 12.4 Å². The number of carboxylic acids is 1. The molecule has 0 aromatic carbocycles. The Bertz CT molecular complexity index is 827. The third-order valence-corrected chi connectivity index (χ3v) is 4.95. The van der Waals surface area contributed by atoms with Crippen LogP contribution in [0.15, 0.2) is 28.9 Å². The number of hydrogen-bond acceptors (Lipinski definition) is 6. The van der Waals surface area contributed by atoms with Gasteiger partial charge < -0.3 is 25.7 Å². The second-order valence-electron chi connectivity index (χ2n) is 6.78. The molecule has 0 spiro atoms. The zero-order valence-corrected chi connectivity index (χ0v) is 14.9. The number of aromatic carboxylic acids is 1. The number of amides is 1. The van der Waals surface area contributed by atoms with Crippen molar-refractivity contribution in [2.75, 3.05) is 5.73 Å². The van der Waals surface area contributed by atoms with Crippen LogP contribution in [0, 0.1) is 5.92 Å². The summed E-state index contributed by atoms with van der Waals surface area (Å²) in [7, 11) is 0. The molecule has 1 aliphatic rings. The van der Waals surface area contributed by atoms with Gasteiger partial charge in [0.2, 0.25) is 5.91 Å². The average Bonchev–Trinajstić information content (AvgIpc) is 3.15. The van der Waals surface area contributed by atoms with Crippen LogP contribution in [0.5, 0.6) is 0 Å². The topological polar surface area (TPSA) is 139 Å². The molecule has 5 N–H and O–H groups in total. The van der Waals surface area contributed by atoms with Crippen LogP contribution >= 0.6 is 0 Å². The third kappa shape index (κ3) is 4.28. The Morgan fingerprint density at radius 2 is 2.00 bits per heavy atom. The predicted molar refractivity (Wildman–Crippen MR) is 97.7 cm³/mol. The number of furan rings is 1. The number of hydrogen-bond donors (Lipinski definition) is 4. The third-order valence-electron chi connectivity index (χ3n) is 4.95. The molecule has 1 fully saturated rings. The molecule has 2 aromatic rings. The minimum absolute atomic E-state index is 0.00976. The summed E-state index contributed by atoms with van der Waals surface area (Å²) >= 11 is 0. The van der Waals surface area contributed by atoms with Crippen LogP contribution < -0.4 is 11.1 Å². The van der Waals surface area contributed by atoms with Crippen LogP contribution in [0.2, 0.25) is 0 Å².